The van der Waals surface area contributed by atoms with Gasteiger partial charge in [-0.05, 0) is 43.2 Å². The number of benzene rings is 1. The van der Waals surface area contributed by atoms with Gasteiger partial charge in [-0.3, -0.25) is 0 Å². The molecule has 0 spiro atoms. The van der Waals surface area contributed by atoms with Gasteiger partial charge in [0.15, 0.2) is 5.65 Å². The molecule has 4 heteroatoms. The van der Waals surface area contributed by atoms with Crippen molar-refractivity contribution in [2.24, 2.45) is 0 Å². The van der Waals surface area contributed by atoms with Gasteiger partial charge in [0.2, 0.25) is 0 Å². The number of nitrogens with zero attached hydrogens (tertiary/aromatic N) is 3. The number of aromatic nitrogens is 3. The number of pyridine rings is 1. The summed E-state index contributed by atoms with van der Waals surface area (Å²) in [7, 11) is 0. The zero-order valence-corrected chi connectivity index (χ0v) is 13.5. The first-order valence-electron chi connectivity index (χ1n) is 7.79. The first-order chi connectivity index (χ1) is 10.8. The standard InChI is InChI=1S/C18H19N3S/c1-13-6-8-14(9-7-13)12-21-17-15(4-2-10-19-17)20-18(21)16-5-3-11-22-16/h2,4,6-10,16H,3,5,11-12H2,1H3. The van der Waals surface area contributed by atoms with E-state index < -0.39 is 0 Å². The Morgan fingerprint density at radius 2 is 2.09 bits per heavy atom. The molecule has 0 amide bonds. The summed E-state index contributed by atoms with van der Waals surface area (Å²) >= 11 is 2.03. The Bertz CT molecular complexity index is 786. The van der Waals surface area contributed by atoms with Crippen LogP contribution in [-0.4, -0.2) is 20.3 Å². The second-order valence-electron chi connectivity index (χ2n) is 5.89. The second-order valence-corrected chi connectivity index (χ2v) is 7.20. The summed E-state index contributed by atoms with van der Waals surface area (Å²) in [5.74, 6) is 2.43. The van der Waals surface area contributed by atoms with Gasteiger partial charge in [-0.15, -0.1) is 0 Å². The topological polar surface area (TPSA) is 30.7 Å². The summed E-state index contributed by atoms with van der Waals surface area (Å²) in [5, 5.41) is 0.514. The third kappa shape index (κ3) is 2.52. The molecule has 2 aromatic heterocycles. The first kappa shape index (κ1) is 13.8. The normalized spacial score (nSPS) is 18.1. The molecule has 3 aromatic rings. The van der Waals surface area contributed by atoms with Gasteiger partial charge in [0.05, 0.1) is 11.8 Å². The third-order valence-electron chi connectivity index (χ3n) is 4.21. The summed E-state index contributed by atoms with van der Waals surface area (Å²) < 4.78 is 2.31. The molecule has 0 aliphatic carbocycles. The number of rotatable bonds is 3. The molecule has 3 heterocycles. The maximum atomic E-state index is 4.89. The van der Waals surface area contributed by atoms with Gasteiger partial charge in [0, 0.05) is 6.20 Å². The van der Waals surface area contributed by atoms with Crippen LogP contribution in [-0.2, 0) is 6.54 Å². The quantitative estimate of drug-likeness (QED) is 0.720. The van der Waals surface area contributed by atoms with Crippen LogP contribution in [0.4, 0.5) is 0 Å². The van der Waals surface area contributed by atoms with Crippen LogP contribution in [0.5, 0.6) is 0 Å². The lowest BCUT2D eigenvalue weighted by Crippen LogP contribution is -2.07. The lowest BCUT2D eigenvalue weighted by atomic mass is 10.1. The minimum Gasteiger partial charge on any atom is -0.307 e. The zero-order chi connectivity index (χ0) is 14.9. The van der Waals surface area contributed by atoms with E-state index in [0.717, 1.165) is 17.7 Å². The van der Waals surface area contributed by atoms with Crippen molar-refractivity contribution in [3.05, 3.63) is 59.5 Å². The number of aryl methyl sites for hydroxylation is 1. The van der Waals surface area contributed by atoms with Crippen LogP contribution in [0.1, 0.15) is 35.0 Å². The van der Waals surface area contributed by atoms with E-state index in [1.807, 2.05) is 24.0 Å². The predicted octanol–water partition coefficient (Wildman–Crippen LogP) is 4.36. The van der Waals surface area contributed by atoms with E-state index in [1.54, 1.807) is 0 Å². The molecule has 1 aliphatic rings. The molecule has 1 aliphatic heterocycles. The molecule has 22 heavy (non-hydrogen) atoms. The van der Waals surface area contributed by atoms with Crippen LogP contribution >= 0.6 is 11.8 Å². The number of hydrogen-bond donors (Lipinski definition) is 0. The van der Waals surface area contributed by atoms with Crippen molar-refractivity contribution in [3.63, 3.8) is 0 Å². The summed E-state index contributed by atoms with van der Waals surface area (Å²) in [6.07, 6.45) is 4.37. The Balaban J connectivity index is 1.79. The minimum atomic E-state index is 0.514. The molecule has 0 N–H and O–H groups in total. The molecule has 1 fully saturated rings. The highest BCUT2D eigenvalue weighted by atomic mass is 32.2. The summed E-state index contributed by atoms with van der Waals surface area (Å²) in [5.41, 5.74) is 4.62. The van der Waals surface area contributed by atoms with Crippen molar-refractivity contribution in [1.29, 1.82) is 0 Å². The fourth-order valence-corrected chi connectivity index (χ4v) is 4.32. The van der Waals surface area contributed by atoms with Crippen molar-refractivity contribution in [2.75, 3.05) is 5.75 Å². The van der Waals surface area contributed by atoms with Crippen LogP contribution in [0.15, 0.2) is 42.6 Å². The number of fused-ring (bicyclic) bond motifs is 1. The molecular formula is C18H19N3S. The average molecular weight is 309 g/mol. The summed E-state index contributed by atoms with van der Waals surface area (Å²) in [6, 6.07) is 12.8. The van der Waals surface area contributed by atoms with Gasteiger partial charge >= 0.3 is 0 Å². The van der Waals surface area contributed by atoms with Gasteiger partial charge < -0.3 is 4.57 Å². The van der Waals surface area contributed by atoms with Gasteiger partial charge in [-0.2, -0.15) is 11.8 Å². The maximum Gasteiger partial charge on any atom is 0.160 e. The van der Waals surface area contributed by atoms with Crippen LogP contribution in [0.2, 0.25) is 0 Å². The van der Waals surface area contributed by atoms with E-state index in [2.05, 4.69) is 46.8 Å². The van der Waals surface area contributed by atoms with E-state index >= 15 is 0 Å². The van der Waals surface area contributed by atoms with E-state index in [-0.39, 0.29) is 0 Å². The van der Waals surface area contributed by atoms with Crippen molar-refractivity contribution in [3.8, 4) is 0 Å². The highest BCUT2D eigenvalue weighted by Gasteiger charge is 2.24. The molecule has 1 unspecified atom stereocenters. The lowest BCUT2D eigenvalue weighted by Gasteiger charge is -2.13. The van der Waals surface area contributed by atoms with Gasteiger partial charge in [-0.25, -0.2) is 9.97 Å². The van der Waals surface area contributed by atoms with Crippen LogP contribution in [0.3, 0.4) is 0 Å². The lowest BCUT2D eigenvalue weighted by molar-refractivity contribution is 0.696. The molecule has 1 atom stereocenters. The Kier molecular flexibility index (Phi) is 3.62. The molecule has 112 valence electrons. The Morgan fingerprint density at radius 1 is 1.23 bits per heavy atom. The molecule has 3 nitrogen and oxygen atoms in total. The third-order valence-corrected chi connectivity index (χ3v) is 5.59. The Morgan fingerprint density at radius 3 is 2.86 bits per heavy atom. The van der Waals surface area contributed by atoms with E-state index in [4.69, 9.17) is 4.98 Å². The van der Waals surface area contributed by atoms with Crippen molar-refractivity contribution < 1.29 is 0 Å². The molecule has 4 rings (SSSR count). The van der Waals surface area contributed by atoms with E-state index in [1.165, 1.54) is 35.5 Å². The smallest absolute Gasteiger partial charge is 0.160 e. The zero-order valence-electron chi connectivity index (χ0n) is 12.7. The molecule has 1 aromatic carbocycles. The van der Waals surface area contributed by atoms with Crippen LogP contribution in [0.25, 0.3) is 11.2 Å². The first-order valence-corrected chi connectivity index (χ1v) is 8.84. The number of hydrogen-bond acceptors (Lipinski definition) is 3. The van der Waals surface area contributed by atoms with Crippen molar-refractivity contribution in [2.45, 2.75) is 31.6 Å². The van der Waals surface area contributed by atoms with Gasteiger partial charge in [0.25, 0.3) is 0 Å². The molecule has 0 saturated carbocycles. The van der Waals surface area contributed by atoms with Crippen molar-refractivity contribution in [1.82, 2.24) is 14.5 Å². The van der Waals surface area contributed by atoms with Crippen LogP contribution < -0.4 is 0 Å². The molecular weight excluding hydrogens is 290 g/mol. The summed E-state index contributed by atoms with van der Waals surface area (Å²) in [4.78, 5) is 9.47. The highest BCUT2D eigenvalue weighted by Crippen LogP contribution is 2.40. The molecule has 0 bridgehead atoms. The van der Waals surface area contributed by atoms with Gasteiger partial charge in [0.1, 0.15) is 11.3 Å². The monoisotopic (exact) mass is 309 g/mol. The fraction of sp³-hybridized carbons (Fsp3) is 0.333. The number of imidazole rings is 1. The van der Waals surface area contributed by atoms with Crippen molar-refractivity contribution >= 4 is 22.9 Å². The van der Waals surface area contributed by atoms with E-state index in [9.17, 15) is 0 Å². The predicted molar refractivity (Wildman–Crippen MR) is 92.2 cm³/mol. The van der Waals surface area contributed by atoms with E-state index in [0.29, 0.717) is 5.25 Å². The highest BCUT2D eigenvalue weighted by molar-refractivity contribution is 7.99. The largest absolute Gasteiger partial charge is 0.307 e. The average Bonchev–Trinajstić information content (AvgIpc) is 3.18. The number of thioether (sulfide) groups is 1. The summed E-state index contributed by atoms with van der Waals surface area (Å²) in [6.45, 7) is 2.97. The SMILES string of the molecule is Cc1ccc(Cn2c(C3CCCS3)nc3cccnc32)cc1. The minimum absolute atomic E-state index is 0.514. The Labute approximate surface area is 134 Å². The Hall–Kier alpha value is -1.81. The second kappa shape index (κ2) is 5.76. The van der Waals surface area contributed by atoms with Gasteiger partial charge in [-0.1, -0.05) is 29.8 Å². The molecule has 1 saturated heterocycles. The maximum absolute atomic E-state index is 4.89. The fourth-order valence-electron chi connectivity index (χ4n) is 3.04. The molecule has 0 radical (unpaired) electrons. The van der Waals surface area contributed by atoms with Crippen LogP contribution in [0, 0.1) is 6.92 Å².